The van der Waals surface area contributed by atoms with Gasteiger partial charge in [-0.1, -0.05) is 60.7 Å². The van der Waals surface area contributed by atoms with Crippen molar-refractivity contribution in [2.45, 2.75) is 13.2 Å². The second-order valence-electron chi connectivity index (χ2n) is 7.21. The standard InChI is InChI=1S/C24H19N3O6/c28-22(25-14-16-7-3-1-4-8-16)21-19-12-11-18(27(31)32)13-20(19)23(29)26(24(21)30)33-15-17-9-5-2-6-10-17/h1-13,30H,14-15H2,(H,25,28). The number of nitrogens with one attached hydrogen (secondary N) is 1. The highest BCUT2D eigenvalue weighted by molar-refractivity contribution is 6.09. The van der Waals surface area contributed by atoms with Crippen LogP contribution in [0.3, 0.4) is 0 Å². The summed E-state index contributed by atoms with van der Waals surface area (Å²) in [6.07, 6.45) is 0. The van der Waals surface area contributed by atoms with Gasteiger partial charge in [0.15, 0.2) is 0 Å². The Morgan fingerprint density at radius 1 is 0.970 bits per heavy atom. The number of carbonyl (C=O) groups is 1. The molecule has 4 aromatic rings. The molecule has 0 saturated heterocycles. The molecule has 0 fully saturated rings. The molecule has 9 heteroatoms. The van der Waals surface area contributed by atoms with E-state index in [4.69, 9.17) is 4.84 Å². The summed E-state index contributed by atoms with van der Waals surface area (Å²) in [4.78, 5) is 42.2. The number of aromatic hydroxyl groups is 1. The van der Waals surface area contributed by atoms with Crippen LogP contribution in [0.5, 0.6) is 5.88 Å². The van der Waals surface area contributed by atoms with Crippen LogP contribution >= 0.6 is 0 Å². The molecule has 3 aromatic carbocycles. The maximum Gasteiger partial charge on any atom is 0.294 e. The summed E-state index contributed by atoms with van der Waals surface area (Å²) < 4.78 is 0.594. The van der Waals surface area contributed by atoms with Crippen LogP contribution in [0, 0.1) is 10.1 Å². The van der Waals surface area contributed by atoms with Crippen molar-refractivity contribution < 1.29 is 19.7 Å². The van der Waals surface area contributed by atoms with Crippen LogP contribution < -0.4 is 15.7 Å². The Labute approximate surface area is 187 Å². The normalized spacial score (nSPS) is 10.7. The lowest BCUT2D eigenvalue weighted by Crippen LogP contribution is -2.31. The smallest absolute Gasteiger partial charge is 0.294 e. The maximum absolute atomic E-state index is 13.0. The highest BCUT2D eigenvalue weighted by Crippen LogP contribution is 2.27. The van der Waals surface area contributed by atoms with Crippen molar-refractivity contribution in [3.05, 3.63) is 116 Å². The van der Waals surface area contributed by atoms with Gasteiger partial charge in [-0.05, 0) is 17.2 Å². The molecule has 0 atom stereocenters. The highest BCUT2D eigenvalue weighted by Gasteiger charge is 2.24. The minimum Gasteiger partial charge on any atom is -0.492 e. The quantitative estimate of drug-likeness (QED) is 0.333. The van der Waals surface area contributed by atoms with Crippen molar-refractivity contribution in [2.75, 3.05) is 0 Å². The predicted molar refractivity (Wildman–Crippen MR) is 121 cm³/mol. The van der Waals surface area contributed by atoms with Gasteiger partial charge in [-0.3, -0.25) is 19.7 Å². The molecule has 2 N–H and O–H groups in total. The Balaban J connectivity index is 1.78. The predicted octanol–water partition coefficient (Wildman–Crippen LogP) is 3.17. The van der Waals surface area contributed by atoms with Gasteiger partial charge in [0.1, 0.15) is 12.2 Å². The van der Waals surface area contributed by atoms with Gasteiger partial charge >= 0.3 is 0 Å². The van der Waals surface area contributed by atoms with E-state index in [1.165, 1.54) is 12.1 Å². The minimum atomic E-state index is -0.818. The number of amides is 1. The third kappa shape index (κ3) is 4.52. The number of nitrogens with zero attached hydrogens (tertiary/aromatic N) is 2. The van der Waals surface area contributed by atoms with Crippen molar-refractivity contribution in [3.63, 3.8) is 0 Å². The fraction of sp³-hybridized carbons (Fsp3) is 0.0833. The first kappa shape index (κ1) is 21.6. The van der Waals surface area contributed by atoms with Crippen LogP contribution in [-0.4, -0.2) is 20.7 Å². The van der Waals surface area contributed by atoms with Gasteiger partial charge in [-0.25, -0.2) is 0 Å². The van der Waals surface area contributed by atoms with E-state index in [-0.39, 0.29) is 35.2 Å². The largest absolute Gasteiger partial charge is 0.492 e. The SMILES string of the molecule is O=C(NCc1ccccc1)c1c(O)n(OCc2ccccc2)c(=O)c2cc([N+](=O)[O-])ccc12. The summed E-state index contributed by atoms with van der Waals surface area (Å²) in [7, 11) is 0. The van der Waals surface area contributed by atoms with Gasteiger partial charge in [0.2, 0.25) is 5.88 Å². The van der Waals surface area contributed by atoms with Crippen molar-refractivity contribution in [3.8, 4) is 5.88 Å². The molecule has 33 heavy (non-hydrogen) atoms. The van der Waals surface area contributed by atoms with E-state index in [0.717, 1.165) is 17.2 Å². The zero-order valence-corrected chi connectivity index (χ0v) is 17.3. The third-order valence-corrected chi connectivity index (χ3v) is 5.04. The van der Waals surface area contributed by atoms with Crippen LogP contribution in [0.1, 0.15) is 21.5 Å². The Bertz CT molecular complexity index is 1380. The fourth-order valence-electron chi connectivity index (χ4n) is 3.39. The maximum atomic E-state index is 13.0. The number of benzene rings is 3. The molecule has 0 aliphatic heterocycles. The van der Waals surface area contributed by atoms with E-state index in [1.807, 2.05) is 36.4 Å². The molecule has 4 rings (SSSR count). The van der Waals surface area contributed by atoms with E-state index >= 15 is 0 Å². The molecule has 0 saturated carbocycles. The van der Waals surface area contributed by atoms with Crippen molar-refractivity contribution in [1.82, 2.24) is 10.0 Å². The Morgan fingerprint density at radius 3 is 2.24 bits per heavy atom. The Kier molecular flexibility index (Phi) is 6.03. The number of aromatic nitrogens is 1. The molecule has 0 unspecified atom stereocenters. The molecule has 0 aliphatic carbocycles. The molecule has 0 radical (unpaired) electrons. The summed E-state index contributed by atoms with van der Waals surface area (Å²) in [5, 5.41) is 24.7. The van der Waals surface area contributed by atoms with E-state index < -0.39 is 22.3 Å². The average molecular weight is 445 g/mol. The topological polar surface area (TPSA) is 124 Å². The second-order valence-corrected chi connectivity index (χ2v) is 7.21. The zero-order valence-electron chi connectivity index (χ0n) is 17.3. The number of rotatable bonds is 7. The number of pyridine rings is 1. The minimum absolute atomic E-state index is 0.0696. The third-order valence-electron chi connectivity index (χ3n) is 5.04. The first-order chi connectivity index (χ1) is 16.0. The molecule has 9 nitrogen and oxygen atoms in total. The fourth-order valence-corrected chi connectivity index (χ4v) is 3.39. The van der Waals surface area contributed by atoms with Crippen molar-refractivity contribution in [2.24, 2.45) is 0 Å². The van der Waals surface area contributed by atoms with Crippen LogP contribution in [0.2, 0.25) is 0 Å². The summed E-state index contributed by atoms with van der Waals surface area (Å²) in [5.41, 5.74) is 0.192. The number of non-ortho nitro benzene ring substituents is 1. The van der Waals surface area contributed by atoms with Crippen LogP contribution in [0.25, 0.3) is 10.8 Å². The summed E-state index contributed by atoms with van der Waals surface area (Å²) >= 11 is 0. The molecule has 1 aromatic heterocycles. The Morgan fingerprint density at radius 2 is 1.61 bits per heavy atom. The lowest BCUT2D eigenvalue weighted by Gasteiger charge is -2.16. The van der Waals surface area contributed by atoms with Gasteiger partial charge in [0.25, 0.3) is 17.2 Å². The van der Waals surface area contributed by atoms with Crippen LogP contribution in [-0.2, 0) is 13.2 Å². The number of fused-ring (bicyclic) bond motifs is 1. The zero-order chi connectivity index (χ0) is 23.4. The first-order valence-corrected chi connectivity index (χ1v) is 10.0. The van der Waals surface area contributed by atoms with E-state index in [2.05, 4.69) is 5.32 Å². The molecule has 166 valence electrons. The summed E-state index contributed by atoms with van der Waals surface area (Å²) in [6, 6.07) is 21.6. The first-order valence-electron chi connectivity index (χ1n) is 10.0. The van der Waals surface area contributed by atoms with Gasteiger partial charge in [0.05, 0.1) is 10.3 Å². The van der Waals surface area contributed by atoms with E-state index in [0.29, 0.717) is 4.73 Å². The summed E-state index contributed by atoms with van der Waals surface area (Å²) in [6.45, 7) is 0.109. The van der Waals surface area contributed by atoms with Gasteiger partial charge < -0.3 is 15.3 Å². The number of nitro groups is 1. The van der Waals surface area contributed by atoms with Gasteiger partial charge in [-0.2, -0.15) is 0 Å². The second kappa shape index (κ2) is 9.23. The molecule has 1 amide bonds. The van der Waals surface area contributed by atoms with E-state index in [1.54, 1.807) is 24.3 Å². The number of hydrogen-bond acceptors (Lipinski definition) is 6. The summed E-state index contributed by atoms with van der Waals surface area (Å²) in [5.74, 6) is -1.35. The number of hydrogen-bond donors (Lipinski definition) is 2. The molecule has 0 aliphatic rings. The molecule has 0 spiro atoms. The molecule has 1 heterocycles. The molecule has 0 bridgehead atoms. The van der Waals surface area contributed by atoms with Crippen molar-refractivity contribution in [1.29, 1.82) is 0 Å². The highest BCUT2D eigenvalue weighted by atomic mass is 16.7. The van der Waals surface area contributed by atoms with E-state index in [9.17, 15) is 24.8 Å². The van der Waals surface area contributed by atoms with Gasteiger partial charge in [-0.15, -0.1) is 4.73 Å². The van der Waals surface area contributed by atoms with Crippen molar-refractivity contribution >= 4 is 22.4 Å². The number of carbonyl (C=O) groups excluding carboxylic acids is 1. The average Bonchev–Trinajstić information content (AvgIpc) is 2.83. The monoisotopic (exact) mass is 445 g/mol. The van der Waals surface area contributed by atoms with Crippen LogP contribution in [0.4, 0.5) is 5.69 Å². The lowest BCUT2D eigenvalue weighted by atomic mass is 10.1. The Hall–Kier alpha value is -4.66. The molecular weight excluding hydrogens is 426 g/mol. The van der Waals surface area contributed by atoms with Gasteiger partial charge in [0, 0.05) is 24.1 Å². The van der Waals surface area contributed by atoms with Crippen LogP contribution in [0.15, 0.2) is 83.7 Å². The lowest BCUT2D eigenvalue weighted by molar-refractivity contribution is -0.384. The number of nitro benzene ring substituents is 1. The molecular formula is C24H19N3O6.